The number of thiophene rings is 1. The van der Waals surface area contributed by atoms with Crippen LogP contribution in [0.5, 0.6) is 0 Å². The third kappa shape index (κ3) is 2.69. The van der Waals surface area contributed by atoms with Crippen molar-refractivity contribution < 1.29 is 14.7 Å². The van der Waals surface area contributed by atoms with Gasteiger partial charge in [-0.3, -0.25) is 4.79 Å². The molecule has 110 valence electrons. The van der Waals surface area contributed by atoms with Gasteiger partial charge in [0.05, 0.1) is 15.3 Å². The molecule has 0 radical (unpaired) electrons. The van der Waals surface area contributed by atoms with E-state index in [2.05, 4.69) is 0 Å². The topological polar surface area (TPSA) is 57.6 Å². The van der Waals surface area contributed by atoms with Gasteiger partial charge in [0.1, 0.15) is 0 Å². The Morgan fingerprint density at radius 2 is 2.25 bits per heavy atom. The van der Waals surface area contributed by atoms with Crippen LogP contribution in [-0.4, -0.2) is 35.0 Å². The number of carboxylic acid groups (broad SMARTS) is 1. The van der Waals surface area contributed by atoms with E-state index in [0.29, 0.717) is 35.8 Å². The van der Waals surface area contributed by atoms with Crippen LogP contribution >= 0.6 is 22.9 Å². The Labute approximate surface area is 127 Å². The van der Waals surface area contributed by atoms with E-state index < -0.39 is 11.5 Å². The molecule has 0 aliphatic carbocycles. The van der Waals surface area contributed by atoms with E-state index in [4.69, 9.17) is 16.7 Å². The van der Waals surface area contributed by atoms with Gasteiger partial charge >= 0.3 is 6.09 Å². The first kappa shape index (κ1) is 15.3. The number of likely N-dealkylation sites (tertiary alicyclic amines) is 1. The minimum Gasteiger partial charge on any atom is -0.465 e. The zero-order chi connectivity index (χ0) is 14.9. The van der Waals surface area contributed by atoms with Crippen LogP contribution in [0, 0.1) is 12.3 Å². The number of nitrogens with zero attached hydrogens (tertiary/aromatic N) is 1. The van der Waals surface area contributed by atoms with Crippen LogP contribution in [0.4, 0.5) is 4.79 Å². The molecule has 1 fully saturated rings. The van der Waals surface area contributed by atoms with Crippen LogP contribution in [0.25, 0.3) is 0 Å². The number of halogens is 1. The van der Waals surface area contributed by atoms with Gasteiger partial charge in [-0.1, -0.05) is 24.9 Å². The summed E-state index contributed by atoms with van der Waals surface area (Å²) in [5, 5.41) is 9.72. The molecule has 0 saturated carbocycles. The first-order valence-electron chi connectivity index (χ1n) is 6.68. The molecule has 1 aliphatic heterocycles. The summed E-state index contributed by atoms with van der Waals surface area (Å²) >= 11 is 7.43. The Kier molecular flexibility index (Phi) is 4.39. The lowest BCUT2D eigenvalue weighted by atomic mass is 9.78. The van der Waals surface area contributed by atoms with Crippen LogP contribution in [-0.2, 0) is 0 Å². The number of amides is 1. The minimum atomic E-state index is -0.948. The largest absolute Gasteiger partial charge is 0.465 e. The molecule has 1 N–H and O–H groups in total. The number of Topliss-reactive ketones (excluding diaryl/α,β-unsaturated/α-hetero) is 1. The number of carbonyl (C=O) groups excluding carboxylic acids is 1. The summed E-state index contributed by atoms with van der Waals surface area (Å²) in [5.41, 5.74) is -0.576. The molecule has 1 aromatic heterocycles. The quantitative estimate of drug-likeness (QED) is 0.852. The summed E-state index contributed by atoms with van der Waals surface area (Å²) in [6.07, 6.45) is 1.22. The van der Waals surface area contributed by atoms with Crippen molar-refractivity contribution in [3.8, 4) is 0 Å². The minimum absolute atomic E-state index is 0.0445. The standard InChI is InChI=1S/C14H18ClNO3S/c1-3-4-14(5-6-16(8-14)13(18)19)12(17)11-7-10(15)9(2)20-11/h7H,3-6,8H2,1-2H3,(H,18,19). The predicted octanol–water partition coefficient (Wildman–Crippen LogP) is 4.06. The molecule has 2 rings (SSSR count). The summed E-state index contributed by atoms with van der Waals surface area (Å²) in [7, 11) is 0. The van der Waals surface area contributed by atoms with E-state index >= 15 is 0 Å². The third-order valence-corrected chi connectivity index (χ3v) is 5.47. The molecule has 20 heavy (non-hydrogen) atoms. The van der Waals surface area contributed by atoms with Crippen LogP contribution in [0.15, 0.2) is 6.07 Å². The highest BCUT2D eigenvalue weighted by Crippen LogP contribution is 2.41. The van der Waals surface area contributed by atoms with Crippen molar-refractivity contribution in [2.45, 2.75) is 33.1 Å². The Hall–Kier alpha value is -1.07. The lowest BCUT2D eigenvalue weighted by Crippen LogP contribution is -2.36. The van der Waals surface area contributed by atoms with Crippen molar-refractivity contribution >= 4 is 34.8 Å². The lowest BCUT2D eigenvalue weighted by molar-refractivity contribution is 0.0785. The van der Waals surface area contributed by atoms with Gasteiger partial charge < -0.3 is 10.0 Å². The second kappa shape index (κ2) is 5.74. The molecular weight excluding hydrogens is 298 g/mol. The summed E-state index contributed by atoms with van der Waals surface area (Å²) in [5.74, 6) is 0.0445. The number of aryl methyl sites for hydroxylation is 1. The van der Waals surface area contributed by atoms with Crippen molar-refractivity contribution in [3.63, 3.8) is 0 Å². The van der Waals surface area contributed by atoms with Crippen LogP contribution in [0.2, 0.25) is 5.02 Å². The first-order chi connectivity index (χ1) is 9.39. The molecule has 1 atom stereocenters. The third-order valence-electron chi connectivity index (χ3n) is 3.92. The van der Waals surface area contributed by atoms with Gasteiger partial charge in [-0.15, -0.1) is 11.3 Å². The number of hydrogen-bond donors (Lipinski definition) is 1. The maximum absolute atomic E-state index is 12.8. The highest BCUT2D eigenvalue weighted by atomic mass is 35.5. The highest BCUT2D eigenvalue weighted by Gasteiger charge is 2.45. The summed E-state index contributed by atoms with van der Waals surface area (Å²) in [6.45, 7) is 4.63. The zero-order valence-electron chi connectivity index (χ0n) is 11.6. The van der Waals surface area contributed by atoms with E-state index in [9.17, 15) is 9.59 Å². The fourth-order valence-electron chi connectivity index (χ4n) is 2.85. The molecule has 1 aliphatic rings. The van der Waals surface area contributed by atoms with Crippen molar-refractivity contribution in [3.05, 3.63) is 20.8 Å². The van der Waals surface area contributed by atoms with E-state index in [0.717, 1.165) is 11.3 Å². The number of carbonyl (C=O) groups is 2. The SMILES string of the molecule is CCCC1(C(=O)c2cc(Cl)c(C)s2)CCN(C(=O)O)C1. The first-order valence-corrected chi connectivity index (χ1v) is 7.87. The van der Waals surface area contributed by atoms with Gasteiger partial charge in [-0.25, -0.2) is 4.79 Å². The monoisotopic (exact) mass is 315 g/mol. The Bertz CT molecular complexity index is 523. The summed E-state index contributed by atoms with van der Waals surface area (Å²) in [4.78, 5) is 26.8. The van der Waals surface area contributed by atoms with Crippen molar-refractivity contribution in [1.82, 2.24) is 4.90 Å². The molecule has 1 amide bonds. The van der Waals surface area contributed by atoms with E-state index in [-0.39, 0.29) is 5.78 Å². The van der Waals surface area contributed by atoms with E-state index in [1.807, 2.05) is 13.8 Å². The molecular formula is C14H18ClNO3S. The predicted molar refractivity (Wildman–Crippen MR) is 80.0 cm³/mol. The average Bonchev–Trinajstić information content (AvgIpc) is 2.95. The maximum Gasteiger partial charge on any atom is 0.407 e. The summed E-state index contributed by atoms with van der Waals surface area (Å²) in [6, 6.07) is 1.71. The van der Waals surface area contributed by atoms with E-state index in [1.54, 1.807) is 6.07 Å². The number of hydrogen-bond acceptors (Lipinski definition) is 3. The van der Waals surface area contributed by atoms with Gasteiger partial charge in [-0.2, -0.15) is 0 Å². The second-order valence-corrected chi connectivity index (χ2v) is 6.99. The molecule has 2 heterocycles. The van der Waals surface area contributed by atoms with Crippen molar-refractivity contribution in [2.24, 2.45) is 5.41 Å². The Morgan fingerprint density at radius 3 is 2.70 bits per heavy atom. The highest BCUT2D eigenvalue weighted by molar-refractivity contribution is 7.14. The van der Waals surface area contributed by atoms with Crippen molar-refractivity contribution in [1.29, 1.82) is 0 Å². The summed E-state index contributed by atoms with van der Waals surface area (Å²) < 4.78 is 0. The Balaban J connectivity index is 2.29. The molecule has 0 aromatic carbocycles. The van der Waals surface area contributed by atoms with E-state index in [1.165, 1.54) is 16.2 Å². The van der Waals surface area contributed by atoms with Gasteiger partial charge in [0.2, 0.25) is 0 Å². The molecule has 4 nitrogen and oxygen atoms in total. The Morgan fingerprint density at radius 1 is 1.55 bits per heavy atom. The van der Waals surface area contributed by atoms with Crippen molar-refractivity contribution in [2.75, 3.05) is 13.1 Å². The lowest BCUT2D eigenvalue weighted by Gasteiger charge is -2.26. The second-order valence-electron chi connectivity index (χ2n) is 5.33. The van der Waals surface area contributed by atoms with Crippen LogP contribution < -0.4 is 0 Å². The van der Waals surface area contributed by atoms with Gasteiger partial charge in [-0.05, 0) is 25.8 Å². The molecule has 1 saturated heterocycles. The molecule has 0 spiro atoms. The van der Waals surface area contributed by atoms with Crippen LogP contribution in [0.3, 0.4) is 0 Å². The van der Waals surface area contributed by atoms with Crippen LogP contribution in [0.1, 0.15) is 40.7 Å². The van der Waals surface area contributed by atoms with Gasteiger partial charge in [0.15, 0.2) is 5.78 Å². The molecule has 1 aromatic rings. The molecule has 0 bridgehead atoms. The molecule has 6 heteroatoms. The maximum atomic E-state index is 12.8. The smallest absolute Gasteiger partial charge is 0.407 e. The normalized spacial score (nSPS) is 22.2. The fraction of sp³-hybridized carbons (Fsp3) is 0.571. The zero-order valence-corrected chi connectivity index (χ0v) is 13.2. The van der Waals surface area contributed by atoms with Gasteiger partial charge in [0.25, 0.3) is 0 Å². The van der Waals surface area contributed by atoms with Gasteiger partial charge in [0, 0.05) is 18.0 Å². The molecule has 1 unspecified atom stereocenters. The fourth-order valence-corrected chi connectivity index (χ4v) is 4.11. The number of ketones is 1. The number of rotatable bonds is 4. The average molecular weight is 316 g/mol.